The zero-order valence-electron chi connectivity index (χ0n) is 14.1. The topological polar surface area (TPSA) is 30.5 Å². The number of rotatable bonds is 7. The molecule has 0 spiro atoms. The van der Waals surface area contributed by atoms with Crippen molar-refractivity contribution in [1.29, 1.82) is 0 Å². The summed E-state index contributed by atoms with van der Waals surface area (Å²) >= 11 is 0. The molecule has 0 atom stereocenters. The summed E-state index contributed by atoms with van der Waals surface area (Å²) in [6.45, 7) is 0.997. The van der Waals surface area contributed by atoms with Gasteiger partial charge in [0.05, 0.1) is 7.11 Å². The third-order valence-electron chi connectivity index (χ3n) is 4.55. The number of methoxy groups -OCH3 is 1. The number of benzene rings is 2. The zero-order chi connectivity index (χ0) is 16.8. The smallest absolute Gasteiger partial charge is 0.129 e. The van der Waals surface area contributed by atoms with Crippen LogP contribution in [0.15, 0.2) is 42.5 Å². The van der Waals surface area contributed by atoms with Gasteiger partial charge in [-0.3, -0.25) is 0 Å². The lowest BCUT2D eigenvalue weighted by molar-refractivity contribution is 0.297. The summed E-state index contributed by atoms with van der Waals surface area (Å²) in [5.41, 5.74) is 1.66. The highest BCUT2D eigenvalue weighted by molar-refractivity contribution is 5.41. The molecule has 0 heterocycles. The van der Waals surface area contributed by atoms with Gasteiger partial charge in [-0.25, -0.2) is 4.39 Å². The fourth-order valence-corrected chi connectivity index (χ4v) is 3.12. The van der Waals surface area contributed by atoms with E-state index in [-0.39, 0.29) is 12.4 Å². The molecule has 1 fully saturated rings. The fourth-order valence-electron chi connectivity index (χ4n) is 3.12. The van der Waals surface area contributed by atoms with E-state index >= 15 is 0 Å². The van der Waals surface area contributed by atoms with Gasteiger partial charge < -0.3 is 14.8 Å². The summed E-state index contributed by atoms with van der Waals surface area (Å²) in [5.74, 6) is 1.23. The molecule has 2 aromatic carbocycles. The summed E-state index contributed by atoms with van der Waals surface area (Å²) in [6, 6.07) is 13.1. The van der Waals surface area contributed by atoms with Gasteiger partial charge >= 0.3 is 0 Å². The third kappa shape index (κ3) is 4.26. The first kappa shape index (κ1) is 16.8. The molecule has 1 saturated carbocycles. The zero-order valence-corrected chi connectivity index (χ0v) is 14.1. The molecule has 24 heavy (non-hydrogen) atoms. The van der Waals surface area contributed by atoms with Gasteiger partial charge in [0, 0.05) is 29.8 Å². The van der Waals surface area contributed by atoms with E-state index in [1.807, 2.05) is 18.2 Å². The Morgan fingerprint density at radius 2 is 1.88 bits per heavy atom. The van der Waals surface area contributed by atoms with E-state index in [0.717, 1.165) is 17.9 Å². The van der Waals surface area contributed by atoms with Crippen LogP contribution in [0.5, 0.6) is 11.5 Å². The van der Waals surface area contributed by atoms with Gasteiger partial charge in [0.15, 0.2) is 0 Å². The molecule has 0 saturated heterocycles. The Kier molecular flexibility index (Phi) is 5.70. The van der Waals surface area contributed by atoms with Crippen LogP contribution in [-0.2, 0) is 13.2 Å². The van der Waals surface area contributed by atoms with Crippen molar-refractivity contribution in [3.05, 3.63) is 59.4 Å². The molecule has 0 amide bonds. The van der Waals surface area contributed by atoms with Gasteiger partial charge in [-0.15, -0.1) is 0 Å². The lowest BCUT2D eigenvalue weighted by Gasteiger charge is -2.15. The van der Waals surface area contributed by atoms with Crippen LogP contribution in [0.2, 0.25) is 0 Å². The molecule has 2 aromatic rings. The molecule has 0 bridgehead atoms. The second kappa shape index (κ2) is 8.15. The quantitative estimate of drug-likeness (QED) is 0.814. The van der Waals surface area contributed by atoms with Crippen molar-refractivity contribution >= 4 is 0 Å². The average Bonchev–Trinajstić information content (AvgIpc) is 3.13. The first-order valence-electron chi connectivity index (χ1n) is 8.53. The molecule has 0 aromatic heterocycles. The van der Waals surface area contributed by atoms with E-state index in [9.17, 15) is 4.39 Å². The largest absolute Gasteiger partial charge is 0.496 e. The maximum Gasteiger partial charge on any atom is 0.129 e. The average molecular weight is 329 g/mol. The summed E-state index contributed by atoms with van der Waals surface area (Å²) in [4.78, 5) is 0. The van der Waals surface area contributed by atoms with Crippen molar-refractivity contribution in [2.24, 2.45) is 0 Å². The molecule has 128 valence electrons. The van der Waals surface area contributed by atoms with E-state index in [4.69, 9.17) is 9.47 Å². The second-order valence-electron chi connectivity index (χ2n) is 6.22. The SMILES string of the molecule is COc1cc(OCc2ccccc2F)ccc1CNC1CCCC1. The Morgan fingerprint density at radius 1 is 1.08 bits per heavy atom. The van der Waals surface area contributed by atoms with Crippen molar-refractivity contribution in [3.63, 3.8) is 0 Å². The van der Waals surface area contributed by atoms with Gasteiger partial charge in [0.2, 0.25) is 0 Å². The fraction of sp³-hybridized carbons (Fsp3) is 0.400. The molecular formula is C20H24FNO2. The van der Waals surface area contributed by atoms with Gasteiger partial charge in [-0.2, -0.15) is 0 Å². The Bertz CT molecular complexity index is 668. The highest BCUT2D eigenvalue weighted by Gasteiger charge is 2.15. The van der Waals surface area contributed by atoms with Crippen LogP contribution in [0.1, 0.15) is 36.8 Å². The number of nitrogens with one attached hydrogen (secondary N) is 1. The van der Waals surface area contributed by atoms with Gasteiger partial charge in [-0.05, 0) is 25.0 Å². The van der Waals surface area contributed by atoms with E-state index in [2.05, 4.69) is 5.32 Å². The molecule has 3 nitrogen and oxygen atoms in total. The lowest BCUT2D eigenvalue weighted by atomic mass is 10.1. The number of ether oxygens (including phenoxy) is 2. The van der Waals surface area contributed by atoms with Crippen LogP contribution in [0, 0.1) is 5.82 Å². The minimum absolute atomic E-state index is 0.204. The highest BCUT2D eigenvalue weighted by Crippen LogP contribution is 2.26. The summed E-state index contributed by atoms with van der Waals surface area (Å²) in [5, 5.41) is 3.59. The Balaban J connectivity index is 1.61. The van der Waals surface area contributed by atoms with Crippen LogP contribution in [0.4, 0.5) is 4.39 Å². The lowest BCUT2D eigenvalue weighted by Crippen LogP contribution is -2.25. The molecule has 1 aliphatic rings. The van der Waals surface area contributed by atoms with Crippen LogP contribution >= 0.6 is 0 Å². The summed E-state index contributed by atoms with van der Waals surface area (Å²) < 4.78 is 24.8. The summed E-state index contributed by atoms with van der Waals surface area (Å²) in [6.07, 6.45) is 5.15. The maximum absolute atomic E-state index is 13.6. The van der Waals surface area contributed by atoms with Crippen molar-refractivity contribution in [2.45, 2.75) is 44.9 Å². The molecule has 1 aliphatic carbocycles. The van der Waals surface area contributed by atoms with Crippen LogP contribution in [0.3, 0.4) is 0 Å². The molecular weight excluding hydrogens is 305 g/mol. The normalized spacial score (nSPS) is 14.8. The molecule has 0 radical (unpaired) electrons. The van der Waals surface area contributed by atoms with Gasteiger partial charge in [0.1, 0.15) is 23.9 Å². The van der Waals surface area contributed by atoms with E-state index in [1.165, 1.54) is 31.7 Å². The van der Waals surface area contributed by atoms with E-state index in [1.54, 1.807) is 25.3 Å². The Labute approximate surface area is 142 Å². The Morgan fingerprint density at radius 3 is 2.62 bits per heavy atom. The number of halogens is 1. The highest BCUT2D eigenvalue weighted by atomic mass is 19.1. The van der Waals surface area contributed by atoms with Gasteiger partial charge in [0.25, 0.3) is 0 Å². The summed E-state index contributed by atoms with van der Waals surface area (Å²) in [7, 11) is 1.66. The van der Waals surface area contributed by atoms with E-state index in [0.29, 0.717) is 17.4 Å². The predicted octanol–water partition coefficient (Wildman–Crippen LogP) is 4.45. The molecule has 3 rings (SSSR count). The van der Waals surface area contributed by atoms with Crippen molar-refractivity contribution in [3.8, 4) is 11.5 Å². The molecule has 4 heteroatoms. The third-order valence-corrected chi connectivity index (χ3v) is 4.55. The van der Waals surface area contributed by atoms with Crippen molar-refractivity contribution < 1.29 is 13.9 Å². The number of hydrogen-bond donors (Lipinski definition) is 1. The minimum Gasteiger partial charge on any atom is -0.496 e. The van der Waals surface area contributed by atoms with Crippen LogP contribution in [0.25, 0.3) is 0 Å². The first-order chi connectivity index (χ1) is 11.8. The standard InChI is InChI=1S/C20H24FNO2/c1-23-20-12-18(24-14-16-6-2-5-9-19(16)21)11-10-15(20)13-22-17-7-3-4-8-17/h2,5-6,9-12,17,22H,3-4,7-8,13-14H2,1H3. The predicted molar refractivity (Wildman–Crippen MR) is 92.8 cm³/mol. The maximum atomic E-state index is 13.6. The van der Waals surface area contributed by atoms with Crippen LogP contribution in [-0.4, -0.2) is 13.2 Å². The van der Waals surface area contributed by atoms with Crippen molar-refractivity contribution in [1.82, 2.24) is 5.32 Å². The molecule has 0 aliphatic heterocycles. The van der Waals surface area contributed by atoms with Gasteiger partial charge in [-0.1, -0.05) is 37.1 Å². The van der Waals surface area contributed by atoms with Crippen molar-refractivity contribution in [2.75, 3.05) is 7.11 Å². The second-order valence-corrected chi connectivity index (χ2v) is 6.22. The molecule has 1 N–H and O–H groups in total. The monoisotopic (exact) mass is 329 g/mol. The van der Waals surface area contributed by atoms with E-state index < -0.39 is 0 Å². The number of hydrogen-bond acceptors (Lipinski definition) is 3. The molecule has 0 unspecified atom stereocenters. The Hall–Kier alpha value is -2.07. The minimum atomic E-state index is -0.248. The van der Waals surface area contributed by atoms with Crippen LogP contribution < -0.4 is 14.8 Å². The first-order valence-corrected chi connectivity index (χ1v) is 8.53.